The Morgan fingerprint density at radius 2 is 1.30 bits per heavy atom. The zero-order valence-corrected chi connectivity index (χ0v) is 15.9. The Bertz CT molecular complexity index is 323. The van der Waals surface area contributed by atoms with Crippen molar-refractivity contribution >= 4 is 23.9 Å². The van der Waals surface area contributed by atoms with E-state index in [1.165, 1.54) is 0 Å². The van der Waals surface area contributed by atoms with Crippen LogP contribution in [0.1, 0.15) is 27.7 Å². The minimum atomic E-state index is -0.833. The number of rotatable bonds is 4. The van der Waals surface area contributed by atoms with Crippen molar-refractivity contribution in [3.05, 3.63) is 0 Å². The van der Waals surface area contributed by atoms with Gasteiger partial charge in [-0.25, -0.2) is 0 Å². The van der Waals surface area contributed by atoms with Gasteiger partial charge in [-0.05, 0) is 0 Å². The summed E-state index contributed by atoms with van der Waals surface area (Å²) in [6.07, 6.45) is -0.0321. The van der Waals surface area contributed by atoms with Crippen LogP contribution in [0.25, 0.3) is 0 Å². The number of hydrogen-bond acceptors (Lipinski definition) is 9. The molecule has 0 aromatic rings. The molecular weight excluding hydrogens is 370 g/mol. The topological polar surface area (TPSA) is 218 Å². The molecule has 1 aliphatic rings. The van der Waals surface area contributed by atoms with Crippen LogP contribution in [0.3, 0.4) is 0 Å². The lowest BCUT2D eigenvalue weighted by atomic mass is 10.5. The molecule has 1 rings (SSSR count). The molecule has 0 amide bonds. The first-order valence-electron chi connectivity index (χ1n) is 7.54. The second kappa shape index (κ2) is 25.9. The summed E-state index contributed by atoms with van der Waals surface area (Å²) in [6.45, 7) is 7.79. The maximum Gasteiger partial charge on any atom is 0.300 e. The highest BCUT2D eigenvalue weighted by Crippen LogP contribution is 1.92. The SMILES string of the molecule is CC(=O)O.CC(=O)O.CC(=O)O.CC(=O)O.NCCNCC1NOCCO1. The largest absolute Gasteiger partial charge is 0.481 e. The first kappa shape index (κ1) is 32.4. The predicted octanol–water partition coefficient (Wildman–Crippen LogP) is -1.22. The summed E-state index contributed by atoms with van der Waals surface area (Å²) < 4.78 is 5.29. The van der Waals surface area contributed by atoms with E-state index in [9.17, 15) is 0 Å². The van der Waals surface area contributed by atoms with Gasteiger partial charge in [0.25, 0.3) is 23.9 Å². The van der Waals surface area contributed by atoms with Crippen LogP contribution in [0.2, 0.25) is 0 Å². The molecule has 0 spiro atoms. The summed E-state index contributed by atoms with van der Waals surface area (Å²) in [5.74, 6) is -3.33. The summed E-state index contributed by atoms with van der Waals surface area (Å²) in [7, 11) is 0. The van der Waals surface area contributed by atoms with Gasteiger partial charge in [0.05, 0.1) is 13.2 Å². The highest BCUT2D eigenvalue weighted by molar-refractivity contribution is 5.63. The summed E-state index contributed by atoms with van der Waals surface area (Å²) >= 11 is 0. The van der Waals surface area contributed by atoms with E-state index in [-0.39, 0.29) is 6.23 Å². The van der Waals surface area contributed by atoms with Crippen LogP contribution in [0.5, 0.6) is 0 Å². The van der Waals surface area contributed by atoms with E-state index in [0.717, 1.165) is 40.8 Å². The molecule has 13 nitrogen and oxygen atoms in total. The molecule has 8 N–H and O–H groups in total. The summed E-state index contributed by atoms with van der Waals surface area (Å²) in [6, 6.07) is 0. The lowest BCUT2D eigenvalue weighted by molar-refractivity contribution is -0.154. The number of nitrogens with one attached hydrogen (secondary N) is 2. The van der Waals surface area contributed by atoms with Gasteiger partial charge in [0.15, 0.2) is 0 Å². The van der Waals surface area contributed by atoms with Crippen molar-refractivity contribution in [3.63, 3.8) is 0 Å². The summed E-state index contributed by atoms with van der Waals surface area (Å²) in [5, 5.41) is 32.8. The third-order valence-electron chi connectivity index (χ3n) is 1.37. The van der Waals surface area contributed by atoms with Crippen LogP contribution in [0, 0.1) is 0 Å². The van der Waals surface area contributed by atoms with Gasteiger partial charge in [-0.2, -0.15) is 5.48 Å². The molecule has 1 atom stereocenters. The Kier molecular flexibility index (Phi) is 31.1. The van der Waals surface area contributed by atoms with E-state index >= 15 is 0 Å². The van der Waals surface area contributed by atoms with Gasteiger partial charge in [-0.1, -0.05) is 0 Å². The van der Waals surface area contributed by atoms with Crippen molar-refractivity contribution in [1.82, 2.24) is 10.8 Å². The van der Waals surface area contributed by atoms with E-state index in [1.54, 1.807) is 0 Å². The number of hydroxylamine groups is 1. The lowest BCUT2D eigenvalue weighted by Gasteiger charge is -2.23. The Morgan fingerprint density at radius 1 is 0.926 bits per heavy atom. The Labute approximate surface area is 157 Å². The van der Waals surface area contributed by atoms with Gasteiger partial charge in [-0.3, -0.25) is 24.0 Å². The van der Waals surface area contributed by atoms with Gasteiger partial charge < -0.3 is 36.2 Å². The Hall–Kier alpha value is -2.32. The van der Waals surface area contributed by atoms with Gasteiger partial charge >= 0.3 is 0 Å². The lowest BCUT2D eigenvalue weighted by Crippen LogP contribution is -2.46. The zero-order chi connectivity index (χ0) is 22.3. The van der Waals surface area contributed by atoms with E-state index in [4.69, 9.17) is 54.9 Å². The van der Waals surface area contributed by atoms with E-state index < -0.39 is 23.9 Å². The van der Waals surface area contributed by atoms with Gasteiger partial charge in [-0.15, -0.1) is 0 Å². The minimum absolute atomic E-state index is 0.0321. The molecule has 162 valence electrons. The number of carboxylic acids is 4. The van der Waals surface area contributed by atoms with E-state index in [2.05, 4.69) is 10.8 Å². The monoisotopic (exact) mass is 401 g/mol. The molecule has 0 radical (unpaired) electrons. The molecule has 0 bridgehead atoms. The highest BCUT2D eigenvalue weighted by atomic mass is 16.7. The van der Waals surface area contributed by atoms with E-state index in [0.29, 0.717) is 19.8 Å². The van der Waals surface area contributed by atoms with Crippen molar-refractivity contribution in [2.24, 2.45) is 5.73 Å². The van der Waals surface area contributed by atoms with Crippen molar-refractivity contribution in [2.75, 3.05) is 32.8 Å². The average Bonchev–Trinajstić information content (AvgIpc) is 2.46. The smallest absolute Gasteiger partial charge is 0.300 e. The van der Waals surface area contributed by atoms with Gasteiger partial charge in [0, 0.05) is 47.3 Å². The molecule has 1 aliphatic heterocycles. The normalized spacial score (nSPS) is 14.0. The maximum atomic E-state index is 9.00. The van der Waals surface area contributed by atoms with Crippen LogP contribution in [-0.2, 0) is 28.8 Å². The fourth-order valence-electron chi connectivity index (χ4n) is 0.854. The molecule has 0 saturated carbocycles. The standard InChI is InChI=1S/C6H15N3O2.4C2H4O2/c7-1-2-8-5-6-9-11-4-3-10-6;4*1-2(3)4/h6,8-9H,1-5,7H2;4*1H3,(H,3,4). The number of nitrogens with two attached hydrogens (primary N) is 1. The van der Waals surface area contributed by atoms with Crippen LogP contribution in [0.4, 0.5) is 0 Å². The number of carbonyl (C=O) groups is 4. The molecule has 0 aromatic carbocycles. The summed E-state index contributed by atoms with van der Waals surface area (Å²) in [5.41, 5.74) is 8.04. The number of ether oxygens (including phenoxy) is 1. The second-order valence-corrected chi connectivity index (χ2v) is 4.39. The van der Waals surface area contributed by atoms with Crippen molar-refractivity contribution in [3.8, 4) is 0 Å². The third-order valence-corrected chi connectivity index (χ3v) is 1.37. The van der Waals surface area contributed by atoms with Crippen LogP contribution >= 0.6 is 0 Å². The highest BCUT2D eigenvalue weighted by Gasteiger charge is 2.11. The summed E-state index contributed by atoms with van der Waals surface area (Å²) in [4.78, 5) is 41.0. The Balaban J connectivity index is -0.000000139. The van der Waals surface area contributed by atoms with Crippen LogP contribution in [0.15, 0.2) is 0 Å². The average molecular weight is 401 g/mol. The van der Waals surface area contributed by atoms with Crippen LogP contribution in [-0.4, -0.2) is 83.4 Å². The molecule has 0 aromatic heterocycles. The van der Waals surface area contributed by atoms with E-state index in [1.807, 2.05) is 0 Å². The van der Waals surface area contributed by atoms with Gasteiger partial charge in [0.1, 0.15) is 6.23 Å². The van der Waals surface area contributed by atoms with Gasteiger partial charge in [0.2, 0.25) is 0 Å². The molecule has 1 fully saturated rings. The van der Waals surface area contributed by atoms with Crippen molar-refractivity contribution in [1.29, 1.82) is 0 Å². The maximum absolute atomic E-state index is 9.00. The van der Waals surface area contributed by atoms with Crippen LogP contribution < -0.4 is 16.5 Å². The molecule has 1 heterocycles. The fourth-order valence-corrected chi connectivity index (χ4v) is 0.854. The second-order valence-electron chi connectivity index (χ2n) is 4.39. The Morgan fingerprint density at radius 3 is 1.56 bits per heavy atom. The zero-order valence-electron chi connectivity index (χ0n) is 15.9. The molecule has 1 saturated heterocycles. The predicted molar refractivity (Wildman–Crippen MR) is 94.0 cm³/mol. The first-order chi connectivity index (χ1) is 12.4. The van der Waals surface area contributed by atoms with Crippen molar-refractivity contribution < 1.29 is 49.2 Å². The molecule has 27 heavy (non-hydrogen) atoms. The molecule has 13 heteroatoms. The minimum Gasteiger partial charge on any atom is -0.481 e. The fraction of sp³-hybridized carbons (Fsp3) is 0.714. The molecule has 1 unspecified atom stereocenters. The molecular formula is C14H31N3O10. The number of carboxylic acid groups (broad SMARTS) is 4. The number of hydrogen-bond donors (Lipinski definition) is 7. The third kappa shape index (κ3) is 97.6. The number of aliphatic carboxylic acids is 4. The van der Waals surface area contributed by atoms with Crippen molar-refractivity contribution in [2.45, 2.75) is 33.9 Å². The quantitative estimate of drug-likeness (QED) is 0.275. The molecule has 0 aliphatic carbocycles. The first-order valence-corrected chi connectivity index (χ1v) is 7.54.